The lowest BCUT2D eigenvalue weighted by Crippen LogP contribution is -3.00. The Hall–Kier alpha value is 0.610. The van der Waals surface area contributed by atoms with Crippen molar-refractivity contribution in [1.29, 1.82) is 0 Å². The molecule has 0 amide bonds. The number of halogens is 2. The Morgan fingerprint density at radius 1 is 1.56 bits per heavy atom. The zero-order valence-corrected chi connectivity index (χ0v) is 9.33. The summed E-state index contributed by atoms with van der Waals surface area (Å²) >= 11 is 2.28. The van der Waals surface area contributed by atoms with Gasteiger partial charge in [0, 0.05) is 6.07 Å². The normalized spacial score (nSPS) is 8.22. The highest BCUT2D eigenvalue weighted by atomic mass is 127. The quantitative estimate of drug-likeness (QED) is 0.382. The zero-order valence-electron chi connectivity index (χ0n) is 5.01. The minimum atomic E-state index is 0. The molecule has 0 aliphatic heterocycles. The average molecular weight is 347 g/mol. The summed E-state index contributed by atoms with van der Waals surface area (Å²) in [4.78, 5) is 0. The van der Waals surface area contributed by atoms with Crippen LogP contribution in [-0.4, -0.2) is 0 Å². The number of hydrogen-bond donors (Lipinski definition) is 0. The standard InChI is InChI=1S/C6H7IN.HI/c1-8-4-2-3-6(7)5-8;/h2-5H,1H3;1H/q+1;/p-1. The van der Waals surface area contributed by atoms with Crippen LogP contribution in [-0.2, 0) is 7.05 Å². The Kier molecular flexibility index (Phi) is 4.73. The fourth-order valence-electron chi connectivity index (χ4n) is 0.551. The van der Waals surface area contributed by atoms with Gasteiger partial charge in [0.25, 0.3) is 0 Å². The molecule has 0 saturated carbocycles. The van der Waals surface area contributed by atoms with E-state index in [9.17, 15) is 0 Å². The van der Waals surface area contributed by atoms with E-state index in [1.807, 2.05) is 23.9 Å². The molecule has 0 spiro atoms. The maximum absolute atomic E-state index is 2.28. The maximum Gasteiger partial charge on any atom is 0.181 e. The molecule has 0 N–H and O–H groups in total. The predicted octanol–water partition coefficient (Wildman–Crippen LogP) is -1.88. The first-order valence-corrected chi connectivity index (χ1v) is 3.48. The van der Waals surface area contributed by atoms with Crippen molar-refractivity contribution >= 4 is 22.6 Å². The van der Waals surface area contributed by atoms with E-state index in [-0.39, 0.29) is 24.0 Å². The van der Waals surface area contributed by atoms with E-state index in [1.165, 1.54) is 3.57 Å². The van der Waals surface area contributed by atoms with Gasteiger partial charge in [0.15, 0.2) is 12.4 Å². The number of aryl methyl sites for hydroxylation is 1. The Bertz CT molecular complexity index is 171. The summed E-state index contributed by atoms with van der Waals surface area (Å²) in [5, 5.41) is 0. The van der Waals surface area contributed by atoms with Gasteiger partial charge >= 0.3 is 0 Å². The van der Waals surface area contributed by atoms with Crippen LogP contribution in [0.25, 0.3) is 0 Å². The van der Waals surface area contributed by atoms with Gasteiger partial charge in [0.2, 0.25) is 0 Å². The maximum atomic E-state index is 2.28. The van der Waals surface area contributed by atoms with Crippen molar-refractivity contribution in [1.82, 2.24) is 0 Å². The van der Waals surface area contributed by atoms with Crippen LogP contribution < -0.4 is 28.5 Å². The molecule has 0 fully saturated rings. The zero-order chi connectivity index (χ0) is 5.98. The van der Waals surface area contributed by atoms with Crippen molar-refractivity contribution in [2.24, 2.45) is 7.05 Å². The van der Waals surface area contributed by atoms with Crippen molar-refractivity contribution < 1.29 is 28.5 Å². The molecule has 9 heavy (non-hydrogen) atoms. The summed E-state index contributed by atoms with van der Waals surface area (Å²) in [5.74, 6) is 0. The van der Waals surface area contributed by atoms with E-state index >= 15 is 0 Å². The van der Waals surface area contributed by atoms with Gasteiger partial charge in [-0.25, -0.2) is 4.57 Å². The minimum absolute atomic E-state index is 0. The van der Waals surface area contributed by atoms with Gasteiger partial charge in [-0.2, -0.15) is 0 Å². The van der Waals surface area contributed by atoms with Gasteiger partial charge in [-0.1, -0.05) is 0 Å². The molecule has 1 rings (SSSR count). The third-order valence-corrected chi connectivity index (χ3v) is 1.54. The summed E-state index contributed by atoms with van der Waals surface area (Å²) in [5.41, 5.74) is 0. The first kappa shape index (κ1) is 9.61. The van der Waals surface area contributed by atoms with E-state index in [2.05, 4.69) is 34.9 Å². The molecule has 1 nitrogen and oxygen atoms in total. The summed E-state index contributed by atoms with van der Waals surface area (Å²) in [7, 11) is 2.02. The van der Waals surface area contributed by atoms with Crippen LogP contribution in [0.3, 0.4) is 0 Å². The Labute approximate surface area is 85.6 Å². The number of nitrogens with zero attached hydrogens (tertiary/aromatic N) is 1. The average Bonchev–Trinajstić information content (AvgIpc) is 1.64. The highest BCUT2D eigenvalue weighted by Crippen LogP contribution is 1.96. The molecular weight excluding hydrogens is 340 g/mol. The van der Waals surface area contributed by atoms with Gasteiger partial charge in [-0.05, 0) is 28.7 Å². The lowest BCUT2D eigenvalue weighted by Gasteiger charge is -1.83. The van der Waals surface area contributed by atoms with E-state index in [0.29, 0.717) is 0 Å². The fraction of sp³-hybridized carbons (Fsp3) is 0.167. The van der Waals surface area contributed by atoms with Crippen LogP contribution >= 0.6 is 22.6 Å². The topological polar surface area (TPSA) is 3.88 Å². The fourth-order valence-corrected chi connectivity index (χ4v) is 1.20. The van der Waals surface area contributed by atoms with E-state index in [1.54, 1.807) is 0 Å². The van der Waals surface area contributed by atoms with Crippen molar-refractivity contribution in [2.45, 2.75) is 0 Å². The SMILES string of the molecule is C[n+]1cccc(I)c1.[I-]. The summed E-state index contributed by atoms with van der Waals surface area (Å²) in [6.07, 6.45) is 4.09. The molecule has 0 saturated heterocycles. The molecule has 1 heterocycles. The molecular formula is C6H7I2N. The minimum Gasteiger partial charge on any atom is -1.00 e. The summed E-state index contributed by atoms with van der Waals surface area (Å²) in [6.45, 7) is 0. The lowest BCUT2D eigenvalue weighted by molar-refractivity contribution is -0.672. The monoisotopic (exact) mass is 347 g/mol. The van der Waals surface area contributed by atoms with Crippen LogP contribution in [0, 0.1) is 3.57 Å². The number of rotatable bonds is 0. The first-order valence-electron chi connectivity index (χ1n) is 2.40. The van der Waals surface area contributed by atoms with Gasteiger partial charge in [-0.15, -0.1) is 0 Å². The summed E-state index contributed by atoms with van der Waals surface area (Å²) < 4.78 is 3.30. The molecule has 1 aromatic heterocycles. The highest BCUT2D eigenvalue weighted by Gasteiger charge is 1.88. The second-order valence-corrected chi connectivity index (χ2v) is 2.93. The van der Waals surface area contributed by atoms with Crippen molar-refractivity contribution in [3.8, 4) is 0 Å². The predicted molar refractivity (Wildman–Crippen MR) is 40.3 cm³/mol. The van der Waals surface area contributed by atoms with Gasteiger partial charge in [-0.3, -0.25) is 0 Å². The van der Waals surface area contributed by atoms with E-state index in [4.69, 9.17) is 0 Å². The second kappa shape index (κ2) is 4.43. The first-order chi connectivity index (χ1) is 3.79. The molecule has 0 radical (unpaired) electrons. The summed E-state index contributed by atoms with van der Waals surface area (Å²) in [6, 6.07) is 4.10. The van der Waals surface area contributed by atoms with E-state index < -0.39 is 0 Å². The smallest absolute Gasteiger partial charge is 0.181 e. The van der Waals surface area contributed by atoms with Crippen LogP contribution in [0.1, 0.15) is 0 Å². The third kappa shape index (κ3) is 3.34. The van der Waals surface area contributed by atoms with Crippen LogP contribution in [0.4, 0.5) is 0 Å². The highest BCUT2D eigenvalue weighted by molar-refractivity contribution is 14.1. The lowest BCUT2D eigenvalue weighted by atomic mass is 10.5. The van der Waals surface area contributed by atoms with Gasteiger partial charge in [0.1, 0.15) is 7.05 Å². The number of pyridine rings is 1. The Morgan fingerprint density at radius 3 is 2.56 bits per heavy atom. The van der Waals surface area contributed by atoms with Crippen molar-refractivity contribution in [2.75, 3.05) is 0 Å². The molecule has 3 heteroatoms. The number of aromatic nitrogens is 1. The van der Waals surface area contributed by atoms with Crippen LogP contribution in [0.5, 0.6) is 0 Å². The van der Waals surface area contributed by atoms with Crippen LogP contribution in [0.15, 0.2) is 24.5 Å². The van der Waals surface area contributed by atoms with Crippen molar-refractivity contribution in [3.63, 3.8) is 0 Å². The largest absolute Gasteiger partial charge is 1.00 e. The van der Waals surface area contributed by atoms with Gasteiger partial charge in [0.05, 0.1) is 3.57 Å². The molecule has 0 bridgehead atoms. The molecule has 0 unspecified atom stereocenters. The Morgan fingerprint density at radius 2 is 2.22 bits per heavy atom. The van der Waals surface area contributed by atoms with Crippen LogP contribution in [0.2, 0.25) is 0 Å². The molecule has 50 valence electrons. The molecule has 0 aliphatic rings. The molecule has 1 aromatic rings. The van der Waals surface area contributed by atoms with E-state index in [0.717, 1.165) is 0 Å². The third-order valence-electron chi connectivity index (χ3n) is 0.904. The molecule has 0 aliphatic carbocycles. The number of hydrogen-bond acceptors (Lipinski definition) is 0. The molecule has 0 aromatic carbocycles. The Balaban J connectivity index is 0.000000640. The van der Waals surface area contributed by atoms with Gasteiger partial charge < -0.3 is 24.0 Å². The molecule has 0 atom stereocenters. The van der Waals surface area contributed by atoms with Crippen molar-refractivity contribution in [3.05, 3.63) is 28.1 Å². The second-order valence-electron chi connectivity index (χ2n) is 1.69.